The minimum absolute atomic E-state index is 0.287. The molecule has 1 heterocycles. The summed E-state index contributed by atoms with van der Waals surface area (Å²) < 4.78 is 6.69. The molecule has 1 aromatic heterocycles. The van der Waals surface area contributed by atoms with Gasteiger partial charge in [-0.05, 0) is 18.9 Å². The molecule has 1 atom stereocenters. The smallest absolute Gasteiger partial charge is 0.357 e. The second-order valence-electron chi connectivity index (χ2n) is 4.08. The Morgan fingerprint density at radius 3 is 2.62 bits per heavy atom. The summed E-state index contributed by atoms with van der Waals surface area (Å²) in [4.78, 5) is 11.7. The van der Waals surface area contributed by atoms with E-state index in [9.17, 15) is 4.79 Å². The Kier molecular flexibility index (Phi) is 3.88. The molecule has 0 bridgehead atoms. The van der Waals surface area contributed by atoms with E-state index in [0.29, 0.717) is 11.6 Å². The molecule has 1 rings (SSSR count). The van der Waals surface area contributed by atoms with Crippen LogP contribution in [0.1, 0.15) is 42.9 Å². The molecule has 0 radical (unpaired) electrons. The van der Waals surface area contributed by atoms with Crippen molar-refractivity contribution in [2.75, 3.05) is 0 Å². The second-order valence-corrected chi connectivity index (χ2v) is 4.08. The van der Waals surface area contributed by atoms with E-state index in [1.165, 1.54) is 0 Å². The molecule has 0 saturated heterocycles. The van der Waals surface area contributed by atoms with Gasteiger partial charge in [0.15, 0.2) is 0 Å². The summed E-state index contributed by atoms with van der Waals surface area (Å²) in [5.41, 5.74) is 1.36. The van der Waals surface area contributed by atoms with Crippen LogP contribution in [0, 0.1) is 0 Å². The average Bonchev–Trinajstić information content (AvgIpc) is 2.60. The van der Waals surface area contributed by atoms with Gasteiger partial charge in [0.2, 0.25) is 0 Å². The monoisotopic (exact) mass is 222 g/mol. The van der Waals surface area contributed by atoms with Gasteiger partial charge >= 0.3 is 5.97 Å². The molecule has 0 aliphatic rings. The van der Waals surface area contributed by atoms with E-state index in [4.69, 9.17) is 4.74 Å². The lowest BCUT2D eigenvalue weighted by molar-refractivity contribution is 0.0412. The van der Waals surface area contributed by atoms with Crippen molar-refractivity contribution in [2.24, 2.45) is 7.05 Å². The Labute approximate surface area is 95.9 Å². The number of hydrogen-bond donors (Lipinski definition) is 0. The van der Waals surface area contributed by atoms with Crippen LogP contribution in [-0.4, -0.2) is 21.9 Å². The van der Waals surface area contributed by atoms with Gasteiger partial charge < -0.3 is 4.74 Å². The third-order valence-electron chi connectivity index (χ3n) is 2.32. The summed E-state index contributed by atoms with van der Waals surface area (Å²) in [6, 6.07) is 1.77. The Balaban J connectivity index is 2.87. The number of carbonyl (C=O) groups excluding carboxylic acids is 1. The van der Waals surface area contributed by atoms with E-state index in [2.05, 4.69) is 11.7 Å². The molecule has 4 nitrogen and oxygen atoms in total. The Morgan fingerprint density at radius 1 is 1.56 bits per heavy atom. The quantitative estimate of drug-likeness (QED) is 0.580. The highest BCUT2D eigenvalue weighted by molar-refractivity contribution is 5.87. The van der Waals surface area contributed by atoms with Crippen LogP contribution in [0.25, 0.3) is 0 Å². The summed E-state index contributed by atoms with van der Waals surface area (Å²) in [7, 11) is 1.74. The third-order valence-corrected chi connectivity index (χ3v) is 2.32. The summed E-state index contributed by atoms with van der Waals surface area (Å²) in [6.45, 7) is 9.40. The Morgan fingerprint density at radius 2 is 2.19 bits per heavy atom. The zero-order chi connectivity index (χ0) is 12.3. The molecular weight excluding hydrogens is 204 g/mol. The van der Waals surface area contributed by atoms with Crippen LogP contribution >= 0.6 is 0 Å². The van der Waals surface area contributed by atoms with Crippen molar-refractivity contribution in [3.63, 3.8) is 0 Å². The van der Waals surface area contributed by atoms with Crippen LogP contribution in [0.3, 0.4) is 0 Å². The number of nitrogens with zero attached hydrogens (tertiary/aromatic N) is 2. The first-order valence-corrected chi connectivity index (χ1v) is 5.33. The zero-order valence-electron chi connectivity index (χ0n) is 10.2. The van der Waals surface area contributed by atoms with Gasteiger partial charge in [0.05, 0.1) is 5.69 Å². The van der Waals surface area contributed by atoms with Gasteiger partial charge in [-0.3, -0.25) is 4.68 Å². The molecule has 0 aliphatic heterocycles. The number of rotatable bonds is 4. The molecule has 0 aliphatic carbocycles. The fraction of sp³-hybridized carbons (Fsp3) is 0.500. The van der Waals surface area contributed by atoms with Crippen molar-refractivity contribution < 1.29 is 9.53 Å². The maximum atomic E-state index is 11.7. The fourth-order valence-electron chi connectivity index (χ4n) is 1.24. The van der Waals surface area contributed by atoms with Gasteiger partial charge in [-0.15, -0.1) is 0 Å². The molecule has 0 aromatic carbocycles. The highest BCUT2D eigenvalue weighted by Gasteiger charge is 2.17. The molecule has 4 heteroatoms. The van der Waals surface area contributed by atoms with E-state index in [1.54, 1.807) is 30.8 Å². The standard InChI is InChI=1S/C12H18N2O2/c1-6-9(4)16-12(15)11-7-10(8(2)3)13-14(11)5/h6-9H,1H2,2-5H3/t9-/m1/s1. The molecule has 1 aromatic rings. The third kappa shape index (κ3) is 2.72. The first kappa shape index (κ1) is 12.5. The number of esters is 1. The summed E-state index contributed by atoms with van der Waals surface area (Å²) in [6.07, 6.45) is 1.29. The lowest BCUT2D eigenvalue weighted by Crippen LogP contribution is -2.15. The summed E-state index contributed by atoms with van der Waals surface area (Å²) in [5.74, 6) is -0.0705. The second kappa shape index (κ2) is 4.96. The molecule has 0 spiro atoms. The van der Waals surface area contributed by atoms with Gasteiger partial charge in [0.25, 0.3) is 0 Å². The topological polar surface area (TPSA) is 44.1 Å². The molecule has 0 saturated carbocycles. The number of hydrogen-bond acceptors (Lipinski definition) is 3. The fourth-order valence-corrected chi connectivity index (χ4v) is 1.24. The van der Waals surface area contributed by atoms with Gasteiger partial charge in [0.1, 0.15) is 11.8 Å². The Bertz CT molecular complexity index is 394. The summed E-state index contributed by atoms with van der Waals surface area (Å²) >= 11 is 0. The van der Waals surface area contributed by atoms with Gasteiger partial charge in [-0.1, -0.05) is 26.5 Å². The van der Waals surface area contributed by atoms with Crippen LogP contribution in [0.5, 0.6) is 0 Å². The largest absolute Gasteiger partial charge is 0.454 e. The van der Waals surface area contributed by atoms with E-state index < -0.39 is 0 Å². The lowest BCUT2D eigenvalue weighted by atomic mass is 10.1. The van der Waals surface area contributed by atoms with Crippen molar-refractivity contribution in [3.05, 3.63) is 30.1 Å². The van der Waals surface area contributed by atoms with E-state index in [1.807, 2.05) is 13.8 Å². The molecular formula is C12H18N2O2. The predicted molar refractivity (Wildman–Crippen MR) is 62.4 cm³/mol. The predicted octanol–water partition coefficient (Wildman–Crippen LogP) is 2.27. The average molecular weight is 222 g/mol. The van der Waals surface area contributed by atoms with Gasteiger partial charge in [0, 0.05) is 7.05 Å². The molecule has 88 valence electrons. The van der Waals surface area contributed by atoms with Crippen molar-refractivity contribution in [1.82, 2.24) is 9.78 Å². The van der Waals surface area contributed by atoms with Crippen LogP contribution in [0.4, 0.5) is 0 Å². The van der Waals surface area contributed by atoms with Crippen LogP contribution in [-0.2, 0) is 11.8 Å². The normalized spacial score (nSPS) is 12.6. The first-order chi connectivity index (χ1) is 7.45. The zero-order valence-corrected chi connectivity index (χ0v) is 10.2. The van der Waals surface area contributed by atoms with Crippen LogP contribution in [0.15, 0.2) is 18.7 Å². The minimum Gasteiger partial charge on any atom is -0.454 e. The van der Waals surface area contributed by atoms with Crippen molar-refractivity contribution in [3.8, 4) is 0 Å². The number of ether oxygens (including phenoxy) is 1. The molecule has 0 N–H and O–H groups in total. The van der Waals surface area contributed by atoms with Crippen molar-refractivity contribution >= 4 is 5.97 Å². The van der Waals surface area contributed by atoms with Gasteiger partial charge in [-0.25, -0.2) is 4.79 Å². The number of carbonyl (C=O) groups is 1. The number of aromatic nitrogens is 2. The van der Waals surface area contributed by atoms with E-state index >= 15 is 0 Å². The molecule has 0 unspecified atom stereocenters. The number of aryl methyl sites for hydroxylation is 1. The lowest BCUT2D eigenvalue weighted by Gasteiger charge is -2.07. The van der Waals surface area contributed by atoms with E-state index in [0.717, 1.165) is 5.69 Å². The SMILES string of the molecule is C=C[C@@H](C)OC(=O)c1cc(C(C)C)nn1C. The van der Waals surface area contributed by atoms with E-state index in [-0.39, 0.29) is 12.1 Å². The van der Waals surface area contributed by atoms with Crippen molar-refractivity contribution in [1.29, 1.82) is 0 Å². The first-order valence-electron chi connectivity index (χ1n) is 5.33. The van der Waals surface area contributed by atoms with Crippen LogP contribution in [0.2, 0.25) is 0 Å². The van der Waals surface area contributed by atoms with Crippen molar-refractivity contribution in [2.45, 2.75) is 32.8 Å². The maximum Gasteiger partial charge on any atom is 0.357 e. The molecule has 0 fully saturated rings. The van der Waals surface area contributed by atoms with Gasteiger partial charge in [-0.2, -0.15) is 5.10 Å². The summed E-state index contributed by atoms with van der Waals surface area (Å²) in [5, 5.41) is 4.25. The Hall–Kier alpha value is -1.58. The highest BCUT2D eigenvalue weighted by atomic mass is 16.5. The minimum atomic E-state index is -0.366. The highest BCUT2D eigenvalue weighted by Crippen LogP contribution is 2.14. The molecule has 0 amide bonds. The van der Waals surface area contributed by atoms with Crippen LogP contribution < -0.4 is 0 Å². The molecule has 16 heavy (non-hydrogen) atoms. The maximum absolute atomic E-state index is 11.7.